The second kappa shape index (κ2) is 4.90. The Kier molecular flexibility index (Phi) is 3.55. The van der Waals surface area contributed by atoms with Crippen LogP contribution in [0.1, 0.15) is 52.0 Å². The van der Waals surface area contributed by atoms with Crippen molar-refractivity contribution in [1.29, 1.82) is 0 Å². The summed E-state index contributed by atoms with van der Waals surface area (Å²) in [5.41, 5.74) is 1.60. The number of methoxy groups -OCH3 is 1. The SMILES string of the molecule is COc1cc(B2OC(C)(C)C(C)(C)O2)c(C2CC2)cc1Cl. The Morgan fingerprint density at radius 2 is 1.71 bits per heavy atom. The summed E-state index contributed by atoms with van der Waals surface area (Å²) < 4.78 is 17.7. The van der Waals surface area contributed by atoms with Gasteiger partial charge in [0.2, 0.25) is 0 Å². The van der Waals surface area contributed by atoms with Crippen LogP contribution >= 0.6 is 11.6 Å². The van der Waals surface area contributed by atoms with Gasteiger partial charge in [0.05, 0.1) is 23.3 Å². The van der Waals surface area contributed by atoms with Gasteiger partial charge in [-0.05, 0) is 69.6 Å². The molecule has 1 heterocycles. The zero-order chi connectivity index (χ0) is 15.4. The van der Waals surface area contributed by atoms with E-state index in [1.54, 1.807) is 7.11 Å². The van der Waals surface area contributed by atoms with Crippen LogP contribution in [-0.2, 0) is 9.31 Å². The first-order valence-corrected chi connectivity index (χ1v) is 7.86. The quantitative estimate of drug-likeness (QED) is 0.800. The summed E-state index contributed by atoms with van der Waals surface area (Å²) >= 11 is 6.29. The third-order valence-corrected chi connectivity index (χ3v) is 5.18. The highest BCUT2D eigenvalue weighted by molar-refractivity contribution is 6.63. The number of hydrogen-bond acceptors (Lipinski definition) is 3. The Labute approximate surface area is 132 Å². The van der Waals surface area contributed by atoms with Crippen molar-refractivity contribution in [2.45, 2.75) is 57.7 Å². The molecule has 0 amide bonds. The number of benzene rings is 1. The molecule has 1 aliphatic carbocycles. The lowest BCUT2D eigenvalue weighted by molar-refractivity contribution is 0.00578. The van der Waals surface area contributed by atoms with Crippen molar-refractivity contribution in [3.05, 3.63) is 22.7 Å². The van der Waals surface area contributed by atoms with Crippen LogP contribution in [0.4, 0.5) is 0 Å². The molecule has 0 spiro atoms. The molecule has 3 rings (SSSR count). The molecule has 0 bridgehead atoms. The minimum atomic E-state index is -0.364. The maximum Gasteiger partial charge on any atom is 0.495 e. The molecule has 0 atom stereocenters. The number of ether oxygens (including phenoxy) is 1. The molecule has 114 valence electrons. The van der Waals surface area contributed by atoms with Crippen LogP contribution in [0, 0.1) is 0 Å². The number of halogens is 1. The smallest absolute Gasteiger partial charge is 0.495 e. The van der Waals surface area contributed by atoms with Crippen LogP contribution in [-0.4, -0.2) is 25.4 Å². The summed E-state index contributed by atoms with van der Waals surface area (Å²) in [7, 11) is 1.27. The normalized spacial score (nSPS) is 23.4. The van der Waals surface area contributed by atoms with Crippen molar-refractivity contribution >= 4 is 24.2 Å². The minimum Gasteiger partial charge on any atom is -0.495 e. The first kappa shape index (κ1) is 15.2. The van der Waals surface area contributed by atoms with Crippen molar-refractivity contribution in [2.24, 2.45) is 0 Å². The van der Waals surface area contributed by atoms with Gasteiger partial charge in [0.25, 0.3) is 0 Å². The summed E-state index contributed by atoms with van der Waals surface area (Å²) in [4.78, 5) is 0. The van der Waals surface area contributed by atoms with Gasteiger partial charge in [0, 0.05) is 0 Å². The van der Waals surface area contributed by atoms with E-state index < -0.39 is 0 Å². The maximum absolute atomic E-state index is 6.29. The minimum absolute atomic E-state index is 0.342. The molecule has 3 nitrogen and oxygen atoms in total. The average Bonchev–Trinajstić information content (AvgIpc) is 3.17. The van der Waals surface area contributed by atoms with Gasteiger partial charge in [-0.2, -0.15) is 0 Å². The fraction of sp³-hybridized carbons (Fsp3) is 0.625. The lowest BCUT2D eigenvalue weighted by atomic mass is 9.74. The summed E-state index contributed by atoms with van der Waals surface area (Å²) in [6, 6.07) is 3.98. The second-order valence-corrected chi connectivity index (χ2v) is 7.39. The molecule has 2 aliphatic rings. The Hall–Kier alpha value is -0.705. The predicted molar refractivity (Wildman–Crippen MR) is 85.7 cm³/mol. The van der Waals surface area contributed by atoms with Crippen LogP contribution in [0.25, 0.3) is 0 Å². The molecule has 0 aromatic heterocycles. The highest BCUT2D eigenvalue weighted by atomic mass is 35.5. The zero-order valence-electron chi connectivity index (χ0n) is 13.3. The highest BCUT2D eigenvalue weighted by Gasteiger charge is 2.52. The molecular weight excluding hydrogens is 286 g/mol. The van der Waals surface area contributed by atoms with Crippen molar-refractivity contribution in [2.75, 3.05) is 7.11 Å². The second-order valence-electron chi connectivity index (χ2n) is 6.98. The van der Waals surface area contributed by atoms with E-state index in [1.165, 1.54) is 18.4 Å². The monoisotopic (exact) mass is 308 g/mol. The molecule has 1 saturated heterocycles. The van der Waals surface area contributed by atoms with Gasteiger partial charge >= 0.3 is 7.12 Å². The molecule has 0 unspecified atom stereocenters. The molecule has 0 radical (unpaired) electrons. The lowest BCUT2D eigenvalue weighted by Crippen LogP contribution is -2.41. The van der Waals surface area contributed by atoms with Gasteiger partial charge in [0.1, 0.15) is 5.75 Å². The third kappa shape index (κ3) is 2.58. The number of hydrogen-bond donors (Lipinski definition) is 0. The topological polar surface area (TPSA) is 27.7 Å². The summed E-state index contributed by atoms with van der Waals surface area (Å²) in [6.45, 7) is 8.27. The maximum atomic E-state index is 6.29. The van der Waals surface area contributed by atoms with Gasteiger partial charge in [0.15, 0.2) is 0 Å². The van der Waals surface area contributed by atoms with Crippen molar-refractivity contribution in [1.82, 2.24) is 0 Å². The molecule has 5 heteroatoms. The molecule has 21 heavy (non-hydrogen) atoms. The molecule has 1 aliphatic heterocycles. The van der Waals surface area contributed by atoms with Crippen molar-refractivity contribution in [3.63, 3.8) is 0 Å². The van der Waals surface area contributed by atoms with E-state index in [1.807, 2.05) is 12.1 Å². The third-order valence-electron chi connectivity index (χ3n) is 4.88. The average molecular weight is 309 g/mol. The van der Waals surface area contributed by atoms with E-state index in [0.717, 1.165) is 5.46 Å². The van der Waals surface area contributed by atoms with Crippen LogP contribution in [0.3, 0.4) is 0 Å². The molecule has 0 N–H and O–H groups in total. The van der Waals surface area contributed by atoms with Crippen LogP contribution in [0.2, 0.25) is 5.02 Å². The zero-order valence-corrected chi connectivity index (χ0v) is 14.1. The first-order valence-electron chi connectivity index (χ1n) is 7.48. The fourth-order valence-electron chi connectivity index (χ4n) is 2.66. The fourth-order valence-corrected chi connectivity index (χ4v) is 2.91. The van der Waals surface area contributed by atoms with E-state index in [0.29, 0.717) is 16.7 Å². The Morgan fingerprint density at radius 3 is 2.19 bits per heavy atom. The van der Waals surface area contributed by atoms with E-state index in [9.17, 15) is 0 Å². The van der Waals surface area contributed by atoms with Crippen LogP contribution in [0.15, 0.2) is 12.1 Å². The number of rotatable bonds is 3. The van der Waals surface area contributed by atoms with Gasteiger partial charge in [-0.15, -0.1) is 0 Å². The lowest BCUT2D eigenvalue weighted by Gasteiger charge is -2.32. The molecule has 1 aromatic rings. The molecular formula is C16H22BClO3. The predicted octanol–water partition coefficient (Wildman–Crippen LogP) is 3.53. The van der Waals surface area contributed by atoms with Crippen molar-refractivity contribution < 1.29 is 14.0 Å². The summed E-state index contributed by atoms with van der Waals surface area (Å²) in [5.74, 6) is 1.24. The van der Waals surface area contributed by atoms with Gasteiger partial charge in [-0.3, -0.25) is 0 Å². The van der Waals surface area contributed by atoms with Gasteiger partial charge in [-0.1, -0.05) is 11.6 Å². The molecule has 1 saturated carbocycles. The van der Waals surface area contributed by atoms with E-state index in [-0.39, 0.29) is 18.3 Å². The Balaban J connectivity index is 2.02. The van der Waals surface area contributed by atoms with E-state index in [2.05, 4.69) is 27.7 Å². The molecule has 1 aromatic carbocycles. The van der Waals surface area contributed by atoms with Gasteiger partial charge < -0.3 is 14.0 Å². The van der Waals surface area contributed by atoms with Crippen LogP contribution < -0.4 is 10.2 Å². The first-order chi connectivity index (χ1) is 9.75. The standard InChI is InChI=1S/C16H22BClO3/c1-15(2)16(3,4)21-17(20-15)12-9-14(19-5)13(18)8-11(12)10-6-7-10/h8-10H,6-7H2,1-5H3. The Morgan fingerprint density at radius 1 is 1.14 bits per heavy atom. The summed E-state index contributed by atoms with van der Waals surface area (Å²) in [6.07, 6.45) is 2.41. The highest BCUT2D eigenvalue weighted by Crippen LogP contribution is 2.43. The Bertz CT molecular complexity index is 551. The van der Waals surface area contributed by atoms with Crippen LogP contribution in [0.5, 0.6) is 5.75 Å². The van der Waals surface area contributed by atoms with Crippen molar-refractivity contribution in [3.8, 4) is 5.75 Å². The molecule has 2 fully saturated rings. The van der Waals surface area contributed by atoms with Gasteiger partial charge in [-0.25, -0.2) is 0 Å². The largest absolute Gasteiger partial charge is 0.495 e. The summed E-state index contributed by atoms with van der Waals surface area (Å²) in [5, 5.41) is 0.652. The van der Waals surface area contributed by atoms with E-state index in [4.69, 9.17) is 25.6 Å². The van der Waals surface area contributed by atoms with E-state index >= 15 is 0 Å².